The van der Waals surface area contributed by atoms with Crippen molar-refractivity contribution in [1.29, 1.82) is 0 Å². The molecule has 0 amide bonds. The Bertz CT molecular complexity index is 316. The normalized spacial score (nSPS) is 11.2. The summed E-state index contributed by atoms with van der Waals surface area (Å²) in [5.41, 5.74) is 0. The number of unbranched alkanes of at least 4 members (excludes halogenated alkanes) is 5. The summed E-state index contributed by atoms with van der Waals surface area (Å²) >= 11 is 0. The molecule has 0 fully saturated rings. The summed E-state index contributed by atoms with van der Waals surface area (Å²) in [5.74, 6) is 1.20. The first-order valence-corrected chi connectivity index (χ1v) is 10.7. The highest BCUT2D eigenvalue weighted by Crippen LogP contribution is 2.10. The van der Waals surface area contributed by atoms with Gasteiger partial charge in [-0.1, -0.05) is 66.2 Å². The molecule has 0 heterocycles. The Morgan fingerprint density at radius 2 is 0.962 bits per heavy atom. The van der Waals surface area contributed by atoms with E-state index in [1.165, 1.54) is 25.7 Å². The van der Waals surface area contributed by atoms with Gasteiger partial charge in [-0.25, -0.2) is 0 Å². The fourth-order valence-corrected chi connectivity index (χ4v) is 2.72. The topological polar surface area (TPSA) is 52.6 Å². The lowest BCUT2D eigenvalue weighted by Gasteiger charge is -2.07. The Morgan fingerprint density at radius 3 is 1.31 bits per heavy atom. The maximum Gasteiger partial charge on any atom is 0.305 e. The summed E-state index contributed by atoms with van der Waals surface area (Å²) < 4.78 is 10.4. The molecule has 0 aromatic carbocycles. The quantitative estimate of drug-likeness (QED) is 0.230. The number of rotatable bonds is 17. The van der Waals surface area contributed by atoms with Crippen LogP contribution in [0.3, 0.4) is 0 Å². The molecule has 154 valence electrons. The van der Waals surface area contributed by atoms with Gasteiger partial charge in [-0.15, -0.1) is 0 Å². The molecule has 0 rings (SSSR count). The molecule has 0 aliphatic carbocycles. The number of hydrogen-bond acceptors (Lipinski definition) is 4. The van der Waals surface area contributed by atoms with Gasteiger partial charge in [-0.05, 0) is 37.5 Å². The van der Waals surface area contributed by atoms with Gasteiger partial charge in [0.2, 0.25) is 0 Å². The van der Waals surface area contributed by atoms with Gasteiger partial charge < -0.3 is 9.47 Å². The van der Waals surface area contributed by atoms with Crippen molar-refractivity contribution < 1.29 is 19.1 Å². The van der Waals surface area contributed by atoms with Crippen LogP contribution in [0.5, 0.6) is 0 Å². The molecule has 0 aromatic heterocycles. The predicted octanol–water partition coefficient (Wildman–Crippen LogP) is 6.07. The van der Waals surface area contributed by atoms with Crippen LogP contribution in [0.2, 0.25) is 0 Å². The molecule has 26 heavy (non-hydrogen) atoms. The van der Waals surface area contributed by atoms with Crippen LogP contribution in [0.4, 0.5) is 0 Å². The SMILES string of the molecule is CC(C)CCCCCOC(=O)CCCCC(=O)OCCCCCC(C)C. The second kappa shape index (κ2) is 17.4. The van der Waals surface area contributed by atoms with E-state index in [-0.39, 0.29) is 11.9 Å². The Kier molecular flexibility index (Phi) is 16.7. The van der Waals surface area contributed by atoms with Crippen LogP contribution >= 0.6 is 0 Å². The van der Waals surface area contributed by atoms with E-state index in [9.17, 15) is 9.59 Å². The highest BCUT2D eigenvalue weighted by Gasteiger charge is 2.06. The number of carbonyl (C=O) groups excluding carboxylic acids is 2. The zero-order valence-corrected chi connectivity index (χ0v) is 17.7. The maximum atomic E-state index is 11.6. The monoisotopic (exact) mass is 370 g/mol. The van der Waals surface area contributed by atoms with Crippen LogP contribution in [0.15, 0.2) is 0 Å². The maximum absolute atomic E-state index is 11.6. The van der Waals surface area contributed by atoms with Gasteiger partial charge in [0, 0.05) is 12.8 Å². The summed E-state index contributed by atoms with van der Waals surface area (Å²) in [6, 6.07) is 0. The average Bonchev–Trinajstić information content (AvgIpc) is 2.57. The Morgan fingerprint density at radius 1 is 0.577 bits per heavy atom. The van der Waals surface area contributed by atoms with Crippen molar-refractivity contribution in [3.8, 4) is 0 Å². The third-order valence-corrected chi connectivity index (χ3v) is 4.39. The van der Waals surface area contributed by atoms with Gasteiger partial charge in [0.15, 0.2) is 0 Å². The first kappa shape index (κ1) is 24.9. The summed E-state index contributed by atoms with van der Waals surface area (Å²) in [5, 5.41) is 0. The third kappa shape index (κ3) is 19.3. The van der Waals surface area contributed by atoms with Gasteiger partial charge >= 0.3 is 11.9 Å². The molecule has 0 spiro atoms. The van der Waals surface area contributed by atoms with Crippen molar-refractivity contribution in [1.82, 2.24) is 0 Å². The van der Waals surface area contributed by atoms with E-state index in [1.54, 1.807) is 0 Å². The molecule has 0 atom stereocenters. The van der Waals surface area contributed by atoms with Gasteiger partial charge in [0.25, 0.3) is 0 Å². The van der Waals surface area contributed by atoms with E-state index in [2.05, 4.69) is 27.7 Å². The molecule has 0 aromatic rings. The molecular weight excluding hydrogens is 328 g/mol. The minimum absolute atomic E-state index is 0.146. The highest BCUT2D eigenvalue weighted by molar-refractivity contribution is 5.70. The lowest BCUT2D eigenvalue weighted by Crippen LogP contribution is -2.08. The summed E-state index contributed by atoms with van der Waals surface area (Å²) in [6.45, 7) is 9.95. The first-order chi connectivity index (χ1) is 12.4. The Hall–Kier alpha value is -1.06. The van der Waals surface area contributed by atoms with Crippen molar-refractivity contribution >= 4 is 11.9 Å². The van der Waals surface area contributed by atoms with Crippen LogP contribution in [-0.2, 0) is 19.1 Å². The second-order valence-electron chi connectivity index (χ2n) is 8.13. The van der Waals surface area contributed by atoms with Crippen molar-refractivity contribution in [2.45, 2.75) is 105 Å². The van der Waals surface area contributed by atoms with Crippen LogP contribution in [0.25, 0.3) is 0 Å². The van der Waals surface area contributed by atoms with Gasteiger partial charge in [-0.2, -0.15) is 0 Å². The molecule has 0 unspecified atom stereocenters. The van der Waals surface area contributed by atoms with Crippen molar-refractivity contribution in [2.75, 3.05) is 13.2 Å². The smallest absolute Gasteiger partial charge is 0.305 e. The highest BCUT2D eigenvalue weighted by atomic mass is 16.5. The van der Waals surface area contributed by atoms with Crippen molar-refractivity contribution in [3.63, 3.8) is 0 Å². The van der Waals surface area contributed by atoms with Gasteiger partial charge in [-0.3, -0.25) is 9.59 Å². The van der Waals surface area contributed by atoms with Crippen LogP contribution in [-0.4, -0.2) is 25.2 Å². The number of carbonyl (C=O) groups is 2. The van der Waals surface area contributed by atoms with E-state index in [0.717, 1.165) is 37.5 Å². The average molecular weight is 371 g/mol. The molecule has 4 nitrogen and oxygen atoms in total. The molecule has 0 radical (unpaired) electrons. The third-order valence-electron chi connectivity index (χ3n) is 4.39. The molecule has 4 heteroatoms. The molecule has 0 aliphatic heterocycles. The van der Waals surface area contributed by atoms with E-state index >= 15 is 0 Å². The minimum Gasteiger partial charge on any atom is -0.466 e. The van der Waals surface area contributed by atoms with Gasteiger partial charge in [0.1, 0.15) is 0 Å². The van der Waals surface area contributed by atoms with Crippen LogP contribution < -0.4 is 0 Å². The molecule has 0 bridgehead atoms. The van der Waals surface area contributed by atoms with Crippen molar-refractivity contribution in [2.24, 2.45) is 11.8 Å². The van der Waals surface area contributed by atoms with Crippen molar-refractivity contribution in [3.05, 3.63) is 0 Å². The number of ether oxygens (including phenoxy) is 2. The Balaban J connectivity index is 3.36. The van der Waals surface area contributed by atoms with E-state index in [4.69, 9.17) is 9.47 Å². The zero-order chi connectivity index (χ0) is 19.6. The fourth-order valence-electron chi connectivity index (χ4n) is 2.72. The predicted molar refractivity (Wildman–Crippen MR) is 107 cm³/mol. The second-order valence-corrected chi connectivity index (χ2v) is 8.13. The summed E-state index contributed by atoms with van der Waals surface area (Å²) in [7, 11) is 0. The minimum atomic E-state index is -0.146. The molecule has 0 saturated carbocycles. The van der Waals surface area contributed by atoms with Crippen LogP contribution in [0.1, 0.15) is 105 Å². The fraction of sp³-hybridized carbons (Fsp3) is 0.909. The van der Waals surface area contributed by atoms with E-state index in [1.807, 2.05) is 0 Å². The standard InChI is InChI=1S/C22H42O4/c1-19(2)13-7-5-11-17-25-21(23)15-9-10-16-22(24)26-18-12-6-8-14-20(3)4/h19-20H,5-18H2,1-4H3. The number of hydrogen-bond donors (Lipinski definition) is 0. The molecular formula is C22H42O4. The lowest BCUT2D eigenvalue weighted by molar-refractivity contribution is -0.146. The first-order valence-electron chi connectivity index (χ1n) is 10.7. The number of esters is 2. The lowest BCUT2D eigenvalue weighted by atomic mass is 10.1. The molecule has 0 N–H and O–H groups in total. The van der Waals surface area contributed by atoms with Crippen LogP contribution in [0, 0.1) is 11.8 Å². The molecule has 0 aliphatic rings. The summed E-state index contributed by atoms with van der Waals surface area (Å²) in [4.78, 5) is 23.2. The summed E-state index contributed by atoms with van der Waals surface area (Å²) in [6.07, 6.45) is 11.2. The van der Waals surface area contributed by atoms with Gasteiger partial charge in [0.05, 0.1) is 13.2 Å². The Labute approximate surface area is 161 Å². The zero-order valence-electron chi connectivity index (χ0n) is 17.7. The molecule has 0 saturated heterocycles. The largest absolute Gasteiger partial charge is 0.466 e. The van der Waals surface area contributed by atoms with E-state index < -0.39 is 0 Å². The van der Waals surface area contributed by atoms with E-state index in [0.29, 0.717) is 38.9 Å².